The van der Waals surface area contributed by atoms with Crippen LogP contribution in [-0.4, -0.2) is 172 Å². The van der Waals surface area contributed by atoms with E-state index in [1.54, 1.807) is 91.9 Å². The summed E-state index contributed by atoms with van der Waals surface area (Å²) < 4.78 is 0. The minimum absolute atomic E-state index is 0.0336. The molecule has 29 heteroatoms. The number of carbonyl (C=O) groups is 12. The molecule has 0 spiro atoms. The lowest BCUT2D eigenvalue weighted by molar-refractivity contribution is -0.142. The first-order valence-electron chi connectivity index (χ1n) is 38.6. The average Bonchev–Trinajstić information content (AvgIpc) is 1.56. The predicted molar refractivity (Wildman–Crippen MR) is 429 cm³/mol. The number of nitrogens with two attached hydrogens (primary N) is 1. The third-order valence-electron chi connectivity index (χ3n) is 18.8. The van der Waals surface area contributed by atoms with Gasteiger partial charge in [0, 0.05) is 93.2 Å². The van der Waals surface area contributed by atoms with E-state index in [4.69, 9.17) is 17.3 Å². The van der Waals surface area contributed by atoms with Crippen molar-refractivity contribution in [2.75, 3.05) is 30.3 Å². The molecule has 12 amide bonds. The van der Waals surface area contributed by atoms with Gasteiger partial charge < -0.3 is 79.5 Å². The minimum Gasteiger partial charge on any atom is -0.394 e. The fourth-order valence-corrected chi connectivity index (χ4v) is 13.2. The lowest BCUT2D eigenvalue weighted by atomic mass is 9.99. The molecule has 1 aromatic heterocycles. The quantitative estimate of drug-likeness (QED) is 0.0168. The first kappa shape index (κ1) is 88.5. The third-order valence-corrected chi connectivity index (χ3v) is 19.0. The Morgan fingerprint density at radius 1 is 0.509 bits per heavy atom. The number of anilines is 2. The number of nitrogens with zero attached hydrogens (tertiary/aromatic N) is 2. The number of amides is 12. The Hall–Kier alpha value is -10.7. The summed E-state index contributed by atoms with van der Waals surface area (Å²) >= 11 is 6.28. The van der Waals surface area contributed by atoms with Crippen LogP contribution in [0.15, 0.2) is 140 Å². The van der Waals surface area contributed by atoms with Gasteiger partial charge >= 0.3 is 0 Å². The third kappa shape index (κ3) is 29.2. The highest BCUT2D eigenvalue weighted by molar-refractivity contribution is 6.30. The Morgan fingerprint density at radius 3 is 1.43 bits per heavy atom. The van der Waals surface area contributed by atoms with Gasteiger partial charge in [0.25, 0.3) is 0 Å². The van der Waals surface area contributed by atoms with Crippen LogP contribution >= 0.6 is 11.6 Å². The van der Waals surface area contributed by atoms with E-state index in [0.717, 1.165) is 10.8 Å². The van der Waals surface area contributed by atoms with Crippen LogP contribution in [0.25, 0.3) is 10.8 Å². The van der Waals surface area contributed by atoms with E-state index in [2.05, 4.69) is 68.8 Å². The molecule has 10 atom stereocenters. The predicted octanol–water partition coefficient (Wildman–Crippen LogP) is 5.40. The normalized spacial score (nSPS) is 15.0. The summed E-state index contributed by atoms with van der Waals surface area (Å²) in [7, 11) is 0. The van der Waals surface area contributed by atoms with Crippen molar-refractivity contribution in [2.24, 2.45) is 11.7 Å². The summed E-state index contributed by atoms with van der Waals surface area (Å²) in [6.45, 7) is 14.1. The van der Waals surface area contributed by atoms with Crippen LogP contribution in [0, 0.1) is 5.92 Å². The van der Waals surface area contributed by atoms with E-state index < -0.39 is 126 Å². The van der Waals surface area contributed by atoms with Crippen molar-refractivity contribution in [1.29, 1.82) is 0 Å². The van der Waals surface area contributed by atoms with Gasteiger partial charge in [-0.3, -0.25) is 62.5 Å². The van der Waals surface area contributed by atoms with E-state index in [-0.39, 0.29) is 88.1 Å². The van der Waals surface area contributed by atoms with Crippen molar-refractivity contribution in [3.8, 4) is 0 Å². The Labute approximate surface area is 660 Å². The van der Waals surface area contributed by atoms with Gasteiger partial charge in [-0.2, -0.15) is 0 Å². The number of unbranched alkanes of at least 4 members (excludes halogenated alkanes) is 1. The van der Waals surface area contributed by atoms with Crippen LogP contribution in [0.2, 0.25) is 5.02 Å². The van der Waals surface area contributed by atoms with E-state index in [0.29, 0.717) is 89.3 Å². The smallest absolute Gasteiger partial charge is 0.245 e. The summed E-state index contributed by atoms with van der Waals surface area (Å²) in [6.07, 6.45) is 5.36. The fourth-order valence-electron chi connectivity index (χ4n) is 13.1. The van der Waals surface area contributed by atoms with Gasteiger partial charge in [-0.1, -0.05) is 138 Å². The Morgan fingerprint density at radius 2 is 0.955 bits per heavy atom. The SMILES string of the molecule is CCCC(=O)Nc1ccc(C[C@H](NC(=O)[C@H](CO)NC(=O)[C@@H](Cc2cccnc2)NC(=O)[C@@H](Cc2ccc(Cl)cc2)NC(=O)[C@@H](Cc2ccc3ccccc3c2)NC(C)=O)C(=O)N[C@H](Cc2ccc(NC(=O)CCC)cc2)C(=O)N[C@@H](CC(C)C)C(=O)N[C@@H](CCCCNC(C)C)C(=O)N2CCC[C@H]2C(=O)N[C@H](C)N)cc1. The van der Waals surface area contributed by atoms with Gasteiger partial charge in [-0.05, 0) is 152 Å². The van der Waals surface area contributed by atoms with Gasteiger partial charge in [0.2, 0.25) is 70.9 Å². The van der Waals surface area contributed by atoms with Gasteiger partial charge in [0.1, 0.15) is 54.4 Å². The zero-order valence-electron chi connectivity index (χ0n) is 65.1. The zero-order chi connectivity index (χ0) is 81.4. The van der Waals surface area contributed by atoms with Gasteiger partial charge in [0.05, 0.1) is 12.8 Å². The molecule has 112 heavy (non-hydrogen) atoms. The van der Waals surface area contributed by atoms with Crippen LogP contribution in [0.4, 0.5) is 11.4 Å². The van der Waals surface area contributed by atoms with Crippen molar-refractivity contribution in [3.63, 3.8) is 0 Å². The number of hydrogen-bond acceptors (Lipinski definition) is 16. The maximum atomic E-state index is 15.4. The molecule has 15 N–H and O–H groups in total. The maximum Gasteiger partial charge on any atom is 0.245 e. The first-order valence-corrected chi connectivity index (χ1v) is 39.0. The second-order valence-electron chi connectivity index (χ2n) is 29.3. The highest BCUT2D eigenvalue weighted by Gasteiger charge is 2.40. The van der Waals surface area contributed by atoms with E-state index in [1.165, 1.54) is 24.2 Å². The van der Waals surface area contributed by atoms with Crippen molar-refractivity contribution < 1.29 is 62.6 Å². The van der Waals surface area contributed by atoms with Crippen molar-refractivity contribution in [1.82, 2.24) is 63.1 Å². The second kappa shape index (κ2) is 45.0. The first-order chi connectivity index (χ1) is 53.6. The van der Waals surface area contributed by atoms with E-state index in [1.807, 2.05) is 84.0 Å². The summed E-state index contributed by atoms with van der Waals surface area (Å²) in [4.78, 5) is 177. The average molecular weight is 1560 g/mol. The van der Waals surface area contributed by atoms with Crippen LogP contribution in [0.3, 0.4) is 0 Å². The molecular formula is C83H110ClN15O13. The summed E-state index contributed by atoms with van der Waals surface area (Å²) in [5.41, 5.74) is 9.44. The molecule has 0 bridgehead atoms. The van der Waals surface area contributed by atoms with Crippen LogP contribution < -0.4 is 69.5 Å². The van der Waals surface area contributed by atoms with Gasteiger partial charge in [0.15, 0.2) is 0 Å². The molecule has 0 aliphatic carbocycles. The molecule has 1 saturated heterocycles. The van der Waals surface area contributed by atoms with Crippen molar-refractivity contribution >= 4 is 105 Å². The highest BCUT2D eigenvalue weighted by atomic mass is 35.5. The lowest BCUT2D eigenvalue weighted by Crippen LogP contribution is -2.62. The number of aliphatic hydroxyl groups excluding tert-OH is 1. The van der Waals surface area contributed by atoms with Crippen molar-refractivity contribution in [2.45, 2.75) is 218 Å². The largest absolute Gasteiger partial charge is 0.394 e. The molecule has 7 rings (SSSR count). The number of nitrogens with one attached hydrogen (secondary N) is 12. The van der Waals surface area contributed by atoms with Gasteiger partial charge in [-0.15, -0.1) is 0 Å². The number of likely N-dealkylation sites (tertiary alicyclic amines) is 1. The monoisotopic (exact) mass is 1560 g/mol. The number of pyridine rings is 1. The Balaban J connectivity index is 1.20. The van der Waals surface area contributed by atoms with Crippen LogP contribution in [0.1, 0.15) is 147 Å². The fraction of sp³-hybridized carbons (Fsp3) is 0.458. The number of aliphatic hydroxyl groups is 1. The van der Waals surface area contributed by atoms with Crippen molar-refractivity contribution in [3.05, 3.63) is 173 Å². The molecule has 0 saturated carbocycles. The molecule has 1 fully saturated rings. The maximum absolute atomic E-state index is 15.4. The molecule has 2 heterocycles. The number of rotatable bonds is 43. The zero-order valence-corrected chi connectivity index (χ0v) is 65.9. The lowest BCUT2D eigenvalue weighted by Gasteiger charge is -2.31. The standard InChI is InChI=1S/C83H110ClN15O13/c1-9-17-73(102)90-62-34-27-55(28-35-62)44-68(77(106)93-65(41-50(3)4)75(104)92-64(22-13-14-39-87-51(5)6)83(112)99-40-16-23-72(99)82(111)88-52(7)85)95-79(108)69(45-56-29-36-63(37-30-56)91-74(103)18-10-2)97-81(110)71(49-100)98-80(109)70(47-58-19-15-38-86-48-58)96-78(107)67(43-54-25-32-61(84)33-26-54)94-76(105)66(89-53(8)101)46-57-24-31-59-20-11-12-21-60(59)42-57/h11-12,15,19-21,24-38,42,48,50-52,64-72,87,100H,9-10,13-14,16-18,22-23,39-41,43-47,49,85H2,1-8H3,(H,88,111)(H,89,101)(H,90,102)(H,91,103)(H,92,104)(H,93,106)(H,94,105)(H,95,108)(H,96,107)(H,97,110)(H,98,109)/t52-,64+,65+,66-,67-,68-,69+,70-,71+,72+/m1/s1. The Kier molecular flexibility index (Phi) is 35.6. The summed E-state index contributed by atoms with van der Waals surface area (Å²) in [5.74, 6) is -8.32. The Bertz CT molecular complexity index is 4150. The summed E-state index contributed by atoms with van der Waals surface area (Å²) in [6, 6.07) is 23.8. The number of benzene rings is 5. The number of aromatic nitrogens is 1. The molecule has 0 radical (unpaired) electrons. The number of fused-ring (bicyclic) bond motifs is 1. The number of carbonyl (C=O) groups excluding carboxylic acids is 12. The molecule has 602 valence electrons. The molecule has 6 aromatic rings. The number of halogens is 1. The second-order valence-corrected chi connectivity index (χ2v) is 29.7. The summed E-state index contributed by atoms with van der Waals surface area (Å²) in [5, 5.41) is 47.2. The molecule has 1 aliphatic rings. The topological polar surface area (TPSA) is 412 Å². The molecule has 28 nitrogen and oxygen atoms in total. The minimum atomic E-state index is -1.84. The molecule has 1 aliphatic heterocycles. The highest BCUT2D eigenvalue weighted by Crippen LogP contribution is 2.23. The van der Waals surface area contributed by atoms with Crippen LogP contribution in [0.5, 0.6) is 0 Å². The van der Waals surface area contributed by atoms with Gasteiger partial charge in [-0.25, -0.2) is 0 Å². The van der Waals surface area contributed by atoms with E-state index in [9.17, 15) is 53.1 Å². The van der Waals surface area contributed by atoms with E-state index >= 15 is 9.59 Å². The molecule has 0 unspecified atom stereocenters. The molecular weight excluding hydrogens is 1450 g/mol. The number of hydrogen-bond donors (Lipinski definition) is 14. The van der Waals surface area contributed by atoms with Crippen LogP contribution in [-0.2, 0) is 89.6 Å². The molecule has 5 aromatic carbocycles.